The Labute approximate surface area is 123 Å². The van der Waals surface area contributed by atoms with Crippen LogP contribution < -0.4 is 5.32 Å². The third-order valence-electron chi connectivity index (χ3n) is 3.19. The molecule has 5 heteroatoms. The lowest BCUT2D eigenvalue weighted by molar-refractivity contribution is -0.384. The molecule has 0 aliphatic heterocycles. The largest absolute Gasteiger partial charge is 0.354 e. The average molecular weight is 281 g/mol. The van der Waals surface area contributed by atoms with Crippen LogP contribution in [-0.2, 0) is 0 Å². The van der Waals surface area contributed by atoms with Gasteiger partial charge in [-0.05, 0) is 29.7 Å². The van der Waals surface area contributed by atoms with E-state index in [9.17, 15) is 10.1 Å². The smallest absolute Gasteiger partial charge is 0.270 e. The van der Waals surface area contributed by atoms with E-state index in [0.29, 0.717) is 11.6 Å². The van der Waals surface area contributed by atoms with E-state index >= 15 is 0 Å². The van der Waals surface area contributed by atoms with E-state index in [4.69, 9.17) is 5.26 Å². The standard InChI is InChI=1S/C16H15N3O2/c1-11(2)12-3-5-14(6-4-12)18-16-8-7-15(19(20)21)9-13(16)10-17/h3-9,11,18H,1-2H3. The fourth-order valence-corrected chi connectivity index (χ4v) is 1.95. The maximum Gasteiger partial charge on any atom is 0.270 e. The molecule has 0 saturated heterocycles. The highest BCUT2D eigenvalue weighted by Gasteiger charge is 2.10. The second-order valence-electron chi connectivity index (χ2n) is 5.00. The van der Waals surface area contributed by atoms with E-state index in [0.717, 1.165) is 5.69 Å². The second kappa shape index (κ2) is 6.06. The number of benzene rings is 2. The Bertz CT molecular complexity index is 700. The molecule has 2 aromatic carbocycles. The lowest BCUT2D eigenvalue weighted by Gasteiger charge is -2.10. The number of hydrogen-bond acceptors (Lipinski definition) is 4. The molecule has 2 aromatic rings. The van der Waals surface area contributed by atoms with Crippen LogP contribution in [0.4, 0.5) is 17.1 Å². The lowest BCUT2D eigenvalue weighted by Crippen LogP contribution is -1.96. The zero-order valence-electron chi connectivity index (χ0n) is 11.8. The maximum absolute atomic E-state index is 10.7. The van der Waals surface area contributed by atoms with Crippen LogP contribution in [0.1, 0.15) is 30.9 Å². The summed E-state index contributed by atoms with van der Waals surface area (Å²) < 4.78 is 0. The molecule has 0 radical (unpaired) electrons. The Kier molecular flexibility index (Phi) is 4.19. The number of non-ortho nitro benzene ring substituents is 1. The van der Waals surface area contributed by atoms with Crippen molar-refractivity contribution in [1.29, 1.82) is 5.26 Å². The summed E-state index contributed by atoms with van der Waals surface area (Å²) in [7, 11) is 0. The van der Waals surface area contributed by atoms with Crippen molar-refractivity contribution in [2.24, 2.45) is 0 Å². The maximum atomic E-state index is 10.7. The van der Waals surface area contributed by atoms with Crippen molar-refractivity contribution >= 4 is 17.1 Å². The van der Waals surface area contributed by atoms with Gasteiger partial charge >= 0.3 is 0 Å². The summed E-state index contributed by atoms with van der Waals surface area (Å²) in [6.45, 7) is 4.24. The van der Waals surface area contributed by atoms with Crippen molar-refractivity contribution in [3.8, 4) is 6.07 Å². The molecule has 21 heavy (non-hydrogen) atoms. The van der Waals surface area contributed by atoms with Crippen molar-refractivity contribution in [3.63, 3.8) is 0 Å². The van der Waals surface area contributed by atoms with E-state index in [2.05, 4.69) is 19.2 Å². The van der Waals surface area contributed by atoms with Crippen molar-refractivity contribution < 1.29 is 4.92 Å². The van der Waals surface area contributed by atoms with Crippen LogP contribution in [0.25, 0.3) is 0 Å². The fraction of sp³-hybridized carbons (Fsp3) is 0.188. The minimum absolute atomic E-state index is 0.0905. The molecule has 0 amide bonds. The van der Waals surface area contributed by atoms with Gasteiger partial charge in [-0.15, -0.1) is 0 Å². The Hall–Kier alpha value is -2.87. The van der Waals surface area contributed by atoms with E-state index in [1.165, 1.54) is 17.7 Å². The normalized spacial score (nSPS) is 10.2. The molecule has 0 aliphatic rings. The van der Waals surface area contributed by atoms with Crippen LogP contribution >= 0.6 is 0 Å². The Morgan fingerprint density at radius 3 is 2.38 bits per heavy atom. The molecular formula is C16H15N3O2. The van der Waals surface area contributed by atoms with Crippen LogP contribution in [0.5, 0.6) is 0 Å². The van der Waals surface area contributed by atoms with Gasteiger partial charge in [0.25, 0.3) is 5.69 Å². The number of anilines is 2. The molecule has 0 unspecified atom stereocenters. The monoisotopic (exact) mass is 281 g/mol. The van der Waals surface area contributed by atoms with Crippen molar-refractivity contribution in [2.75, 3.05) is 5.32 Å². The first-order valence-corrected chi connectivity index (χ1v) is 6.57. The van der Waals surface area contributed by atoms with Gasteiger partial charge < -0.3 is 5.32 Å². The number of nitriles is 1. The summed E-state index contributed by atoms with van der Waals surface area (Å²) >= 11 is 0. The average Bonchev–Trinajstić information content (AvgIpc) is 2.48. The molecular weight excluding hydrogens is 266 g/mol. The fourth-order valence-electron chi connectivity index (χ4n) is 1.95. The van der Waals surface area contributed by atoms with Gasteiger partial charge in [0.05, 0.1) is 16.2 Å². The molecule has 1 N–H and O–H groups in total. The van der Waals surface area contributed by atoms with Gasteiger partial charge in [0.15, 0.2) is 0 Å². The van der Waals surface area contributed by atoms with E-state index < -0.39 is 4.92 Å². The second-order valence-corrected chi connectivity index (χ2v) is 5.00. The van der Waals surface area contributed by atoms with Gasteiger partial charge in [-0.2, -0.15) is 5.26 Å². The lowest BCUT2D eigenvalue weighted by atomic mass is 10.0. The summed E-state index contributed by atoms with van der Waals surface area (Å²) in [5.74, 6) is 0.452. The number of nitro benzene ring substituents is 1. The van der Waals surface area contributed by atoms with E-state index in [1.807, 2.05) is 30.3 Å². The molecule has 0 spiro atoms. The van der Waals surface area contributed by atoms with Crippen LogP contribution in [0.15, 0.2) is 42.5 Å². The molecule has 0 aliphatic carbocycles. The van der Waals surface area contributed by atoms with Gasteiger partial charge in [-0.3, -0.25) is 10.1 Å². The highest BCUT2D eigenvalue weighted by atomic mass is 16.6. The summed E-state index contributed by atoms with van der Waals surface area (Å²) in [5, 5.41) is 22.9. The first kappa shape index (κ1) is 14.5. The van der Waals surface area contributed by atoms with Crippen molar-refractivity contribution in [1.82, 2.24) is 0 Å². The minimum atomic E-state index is -0.512. The molecule has 106 valence electrons. The van der Waals surface area contributed by atoms with Gasteiger partial charge in [0.2, 0.25) is 0 Å². The predicted octanol–water partition coefficient (Wildman–Crippen LogP) is 4.33. The molecule has 0 bridgehead atoms. The third-order valence-corrected chi connectivity index (χ3v) is 3.19. The first-order chi connectivity index (χ1) is 10.0. The zero-order chi connectivity index (χ0) is 15.4. The highest BCUT2D eigenvalue weighted by molar-refractivity contribution is 5.68. The van der Waals surface area contributed by atoms with Gasteiger partial charge in [0, 0.05) is 17.8 Å². The van der Waals surface area contributed by atoms with Crippen LogP contribution in [0.2, 0.25) is 0 Å². The number of rotatable bonds is 4. The highest BCUT2D eigenvalue weighted by Crippen LogP contribution is 2.25. The molecule has 0 aromatic heterocycles. The number of nitro groups is 1. The molecule has 0 atom stereocenters. The number of hydrogen-bond donors (Lipinski definition) is 1. The van der Waals surface area contributed by atoms with Crippen LogP contribution in [0.3, 0.4) is 0 Å². The summed E-state index contributed by atoms with van der Waals surface area (Å²) in [5.41, 5.74) is 2.78. The van der Waals surface area contributed by atoms with Gasteiger partial charge in [-0.25, -0.2) is 0 Å². The Morgan fingerprint density at radius 1 is 1.19 bits per heavy atom. The van der Waals surface area contributed by atoms with Crippen molar-refractivity contribution in [2.45, 2.75) is 19.8 Å². The van der Waals surface area contributed by atoms with E-state index in [-0.39, 0.29) is 11.3 Å². The number of nitrogens with one attached hydrogen (secondary N) is 1. The summed E-state index contributed by atoms with van der Waals surface area (Å²) in [6.07, 6.45) is 0. The first-order valence-electron chi connectivity index (χ1n) is 6.57. The van der Waals surface area contributed by atoms with Crippen LogP contribution in [0, 0.1) is 21.4 Å². The molecule has 0 saturated carbocycles. The van der Waals surface area contributed by atoms with Crippen LogP contribution in [-0.4, -0.2) is 4.92 Å². The molecule has 2 rings (SSSR count). The molecule has 5 nitrogen and oxygen atoms in total. The molecule has 0 fully saturated rings. The van der Waals surface area contributed by atoms with Gasteiger partial charge in [-0.1, -0.05) is 26.0 Å². The Morgan fingerprint density at radius 2 is 1.86 bits per heavy atom. The zero-order valence-corrected chi connectivity index (χ0v) is 11.8. The number of nitrogens with zero attached hydrogens (tertiary/aromatic N) is 2. The van der Waals surface area contributed by atoms with E-state index in [1.54, 1.807) is 6.07 Å². The topological polar surface area (TPSA) is 79.0 Å². The predicted molar refractivity (Wildman–Crippen MR) is 81.6 cm³/mol. The minimum Gasteiger partial charge on any atom is -0.354 e. The summed E-state index contributed by atoms with van der Waals surface area (Å²) in [6, 6.07) is 14.1. The quantitative estimate of drug-likeness (QED) is 0.668. The SMILES string of the molecule is CC(C)c1ccc(Nc2ccc([N+](=O)[O-])cc2C#N)cc1. The third kappa shape index (κ3) is 3.37. The summed E-state index contributed by atoms with van der Waals surface area (Å²) in [4.78, 5) is 10.2. The Balaban J connectivity index is 2.27. The van der Waals surface area contributed by atoms with Gasteiger partial charge in [0.1, 0.15) is 6.07 Å². The molecule has 0 heterocycles. The van der Waals surface area contributed by atoms with Crippen molar-refractivity contribution in [3.05, 3.63) is 63.7 Å².